The number of aromatic nitrogens is 1. The second-order valence-electron chi connectivity index (χ2n) is 9.58. The molecule has 1 heterocycles. The minimum Gasteiger partial charge on any atom is -0.475 e. The summed E-state index contributed by atoms with van der Waals surface area (Å²) in [7, 11) is -2.55. The minimum absolute atomic E-state index is 0.0871. The van der Waals surface area contributed by atoms with Crippen molar-refractivity contribution in [3.05, 3.63) is 23.5 Å². The average Bonchev–Trinajstić information content (AvgIpc) is 3.06. The van der Waals surface area contributed by atoms with Gasteiger partial charge in [0, 0.05) is 10.7 Å². The number of halogens is 1. The lowest BCUT2D eigenvalue weighted by Crippen LogP contribution is -2.67. The number of hydrogen-bond acceptors (Lipinski definition) is 7. The molecule has 0 radical (unpaired) electrons. The van der Waals surface area contributed by atoms with Gasteiger partial charge in [-0.2, -0.15) is 0 Å². The molecule has 0 aromatic carbocycles. The number of carbonyl (C=O) groups excluding carboxylic acids is 2. The van der Waals surface area contributed by atoms with Gasteiger partial charge in [-0.05, 0) is 35.8 Å². The molecule has 0 saturated heterocycles. The summed E-state index contributed by atoms with van der Waals surface area (Å²) >= 11 is 3.60. The Kier molecular flexibility index (Phi) is 6.23. The van der Waals surface area contributed by atoms with E-state index in [-0.39, 0.29) is 32.9 Å². The van der Waals surface area contributed by atoms with Gasteiger partial charge in [0.05, 0.1) is 12.6 Å². The Bertz CT molecular complexity index is 875. The van der Waals surface area contributed by atoms with Crippen molar-refractivity contribution in [3.8, 4) is 5.88 Å². The Morgan fingerprint density at radius 3 is 2.60 bits per heavy atom. The van der Waals surface area contributed by atoms with E-state index < -0.39 is 31.7 Å². The number of carbonyl (C=O) groups is 2. The van der Waals surface area contributed by atoms with Crippen LogP contribution in [0.2, 0.25) is 18.1 Å². The van der Waals surface area contributed by atoms with E-state index in [0.29, 0.717) is 6.61 Å². The smallest absolute Gasteiger partial charge is 0.265 e. The van der Waals surface area contributed by atoms with Crippen LogP contribution in [0.3, 0.4) is 0 Å². The van der Waals surface area contributed by atoms with Crippen molar-refractivity contribution in [2.45, 2.75) is 75.1 Å². The molecule has 0 spiro atoms. The molecule has 0 aliphatic heterocycles. The average molecular weight is 499 g/mol. The zero-order chi connectivity index (χ0) is 22.5. The van der Waals surface area contributed by atoms with Gasteiger partial charge in [0.1, 0.15) is 5.56 Å². The van der Waals surface area contributed by atoms with Crippen molar-refractivity contribution in [1.82, 2.24) is 5.16 Å². The highest BCUT2D eigenvalue weighted by Gasteiger charge is 2.65. The van der Waals surface area contributed by atoms with Crippen LogP contribution in [0.1, 0.15) is 62.7 Å². The molecule has 1 aromatic heterocycles. The molecule has 9 heteroatoms. The van der Waals surface area contributed by atoms with Gasteiger partial charge in [-0.1, -0.05) is 56.1 Å². The summed E-state index contributed by atoms with van der Waals surface area (Å²) in [5.74, 6) is -1.18. The lowest BCUT2D eigenvalue weighted by Gasteiger charge is -2.51. The molecule has 0 amide bonds. The van der Waals surface area contributed by atoms with Crippen LogP contribution in [0.4, 0.5) is 0 Å². The molecule has 2 aliphatic rings. The predicted molar refractivity (Wildman–Crippen MR) is 120 cm³/mol. The zero-order valence-corrected chi connectivity index (χ0v) is 21.0. The first-order valence-electron chi connectivity index (χ1n) is 10.4. The maximum absolute atomic E-state index is 14.0. The van der Waals surface area contributed by atoms with Crippen LogP contribution in [0.15, 0.2) is 16.7 Å². The number of hydrogen-bond donors (Lipinski definition) is 1. The molecule has 0 saturated carbocycles. The Hall–Kier alpha value is -1.29. The SMILES string of the molecule is CCCCOc1noc2c1C(=O)[C@@]1(O[Si](C)(C)C(C)(C)C)C(=O)C=C[C@@H](Br)[C@H]1[C@@H]2N. The number of rotatable bonds is 6. The van der Waals surface area contributed by atoms with Gasteiger partial charge >= 0.3 is 0 Å². The molecule has 3 rings (SSSR count). The predicted octanol–water partition coefficient (Wildman–Crippen LogP) is 4.33. The lowest BCUT2D eigenvalue weighted by atomic mass is 9.65. The summed E-state index contributed by atoms with van der Waals surface area (Å²) in [6.07, 6.45) is 4.88. The number of ketones is 2. The van der Waals surface area contributed by atoms with Crippen molar-refractivity contribution in [2.24, 2.45) is 11.7 Å². The highest BCUT2D eigenvalue weighted by molar-refractivity contribution is 9.09. The molecule has 30 heavy (non-hydrogen) atoms. The van der Waals surface area contributed by atoms with Gasteiger partial charge in [-0.25, -0.2) is 0 Å². The second kappa shape index (κ2) is 8.00. The summed E-state index contributed by atoms with van der Waals surface area (Å²) in [4.78, 5) is 27.0. The number of unbranched alkanes of at least 4 members (excludes halogenated alkanes) is 1. The van der Waals surface area contributed by atoms with Crippen molar-refractivity contribution in [1.29, 1.82) is 0 Å². The number of nitrogens with two attached hydrogens (primary N) is 1. The number of Topliss-reactive ketones (excluding diaryl/α,β-unsaturated/α-hetero) is 1. The van der Waals surface area contributed by atoms with Gasteiger partial charge in [0.2, 0.25) is 5.78 Å². The fourth-order valence-corrected chi connectivity index (χ4v) is 6.02. The minimum atomic E-state index is -2.55. The third-order valence-corrected chi connectivity index (χ3v) is 11.8. The van der Waals surface area contributed by atoms with E-state index in [2.05, 4.69) is 41.9 Å². The quantitative estimate of drug-likeness (QED) is 0.269. The summed E-state index contributed by atoms with van der Waals surface area (Å²) < 4.78 is 17.8. The highest BCUT2D eigenvalue weighted by atomic mass is 79.9. The molecule has 4 atom stereocenters. The molecule has 166 valence electrons. The maximum atomic E-state index is 14.0. The molecule has 1 aromatic rings. The van der Waals surface area contributed by atoms with E-state index in [1.165, 1.54) is 6.08 Å². The standard InChI is InChI=1S/C21H31BrN2O5Si/c1-7-8-11-27-19-14-17(28-24-19)16(23)15-12(22)9-10-13(25)21(15,18(14)26)29-30(5,6)20(2,3)4/h9-10,12,15-16H,7-8,11,23H2,1-6H3/t12-,15+,16+,21-/m1/s1. The summed E-state index contributed by atoms with van der Waals surface area (Å²) in [6, 6.07) is -0.753. The van der Waals surface area contributed by atoms with Crippen molar-refractivity contribution in [2.75, 3.05) is 6.61 Å². The van der Waals surface area contributed by atoms with Gasteiger partial charge in [0.25, 0.3) is 5.88 Å². The van der Waals surface area contributed by atoms with Crippen LogP contribution in [0.25, 0.3) is 0 Å². The Labute approximate surface area is 187 Å². The maximum Gasteiger partial charge on any atom is 0.265 e. The monoisotopic (exact) mass is 498 g/mol. The van der Waals surface area contributed by atoms with Gasteiger partial charge in [0.15, 0.2) is 25.5 Å². The van der Waals surface area contributed by atoms with Crippen molar-refractivity contribution < 1.29 is 23.3 Å². The molecule has 7 nitrogen and oxygen atoms in total. The first-order chi connectivity index (χ1) is 13.9. The lowest BCUT2D eigenvalue weighted by molar-refractivity contribution is -0.132. The van der Waals surface area contributed by atoms with Gasteiger partial charge in [-0.3, -0.25) is 9.59 Å². The van der Waals surface area contributed by atoms with Crippen LogP contribution in [0.5, 0.6) is 5.88 Å². The summed E-state index contributed by atoms with van der Waals surface area (Å²) in [6.45, 7) is 12.7. The van der Waals surface area contributed by atoms with Crippen LogP contribution < -0.4 is 10.5 Å². The Balaban J connectivity index is 2.17. The molecule has 2 aliphatic carbocycles. The Morgan fingerprint density at radius 1 is 1.33 bits per heavy atom. The van der Waals surface area contributed by atoms with Gasteiger partial charge in [-0.15, -0.1) is 0 Å². The first-order valence-corrected chi connectivity index (χ1v) is 14.2. The van der Waals surface area contributed by atoms with E-state index in [9.17, 15) is 9.59 Å². The van der Waals surface area contributed by atoms with Crippen LogP contribution >= 0.6 is 15.9 Å². The van der Waals surface area contributed by atoms with E-state index in [0.717, 1.165) is 12.8 Å². The number of alkyl halides is 1. The van der Waals surface area contributed by atoms with E-state index in [1.54, 1.807) is 6.08 Å². The molecule has 0 unspecified atom stereocenters. The van der Waals surface area contributed by atoms with E-state index in [1.807, 2.05) is 20.0 Å². The van der Waals surface area contributed by atoms with Crippen molar-refractivity contribution in [3.63, 3.8) is 0 Å². The number of fused-ring (bicyclic) bond motifs is 2. The molecule has 2 N–H and O–H groups in total. The topological polar surface area (TPSA) is 105 Å². The summed E-state index contributed by atoms with van der Waals surface area (Å²) in [5, 5.41) is 3.75. The number of allylic oxidation sites excluding steroid dienone is 1. The zero-order valence-electron chi connectivity index (χ0n) is 18.5. The normalized spacial score (nSPS) is 29.0. The van der Waals surface area contributed by atoms with Crippen LogP contribution in [0, 0.1) is 5.92 Å². The fourth-order valence-electron chi connectivity index (χ4n) is 3.73. The largest absolute Gasteiger partial charge is 0.475 e. The molecular formula is C21H31BrN2O5Si. The number of ether oxygens (including phenoxy) is 1. The molecule has 0 fully saturated rings. The van der Waals surface area contributed by atoms with Crippen molar-refractivity contribution >= 4 is 35.8 Å². The van der Waals surface area contributed by atoms with Crippen LogP contribution in [-0.2, 0) is 9.22 Å². The fraction of sp³-hybridized carbons (Fsp3) is 0.667. The highest BCUT2D eigenvalue weighted by Crippen LogP contribution is 2.53. The molecule has 0 bridgehead atoms. The van der Waals surface area contributed by atoms with Crippen LogP contribution in [-0.4, -0.2) is 42.1 Å². The summed E-state index contributed by atoms with van der Waals surface area (Å²) in [5.41, 5.74) is 4.98. The first kappa shape index (κ1) is 23.4. The molecular weight excluding hydrogens is 468 g/mol. The number of nitrogens with zero attached hydrogens (tertiary/aromatic N) is 1. The van der Waals surface area contributed by atoms with E-state index in [4.69, 9.17) is 19.4 Å². The third-order valence-electron chi connectivity index (χ3n) is 6.51. The third kappa shape index (κ3) is 3.53. The van der Waals surface area contributed by atoms with E-state index >= 15 is 0 Å². The van der Waals surface area contributed by atoms with Gasteiger partial charge < -0.3 is 19.4 Å². The Morgan fingerprint density at radius 2 is 2.00 bits per heavy atom. The second-order valence-corrected chi connectivity index (χ2v) is 15.4.